The molecule has 1 N–H and O–H groups in total. The molecule has 0 saturated heterocycles. The highest BCUT2D eigenvalue weighted by Gasteiger charge is 2.35. The summed E-state index contributed by atoms with van der Waals surface area (Å²) in [6, 6.07) is 3.41. The number of hydrogen-bond acceptors (Lipinski definition) is 5. The lowest BCUT2D eigenvalue weighted by atomic mass is 10.1. The van der Waals surface area contributed by atoms with Gasteiger partial charge in [-0.2, -0.15) is 0 Å². The van der Waals surface area contributed by atoms with Crippen LogP contribution in [-0.4, -0.2) is 42.1 Å². The van der Waals surface area contributed by atoms with Crippen LogP contribution in [0.2, 0.25) is 0 Å². The smallest absolute Gasteiger partial charge is 0.305 e. The average Bonchev–Trinajstić information content (AvgIpc) is 3.02. The summed E-state index contributed by atoms with van der Waals surface area (Å²) in [6.07, 6.45) is -0.0598. The van der Waals surface area contributed by atoms with E-state index in [2.05, 4.69) is 0 Å². The van der Waals surface area contributed by atoms with Gasteiger partial charge in [-0.25, -0.2) is 0 Å². The molecular formula is C16H17NO5S. The molecule has 0 bridgehead atoms. The van der Waals surface area contributed by atoms with Gasteiger partial charge in [-0.1, -0.05) is 0 Å². The summed E-state index contributed by atoms with van der Waals surface area (Å²) in [5.41, 5.74) is 0.938. The second kappa shape index (κ2) is 5.73. The van der Waals surface area contributed by atoms with Crippen LogP contribution in [0.5, 0.6) is 11.5 Å². The molecule has 0 saturated carbocycles. The van der Waals surface area contributed by atoms with Gasteiger partial charge in [0.2, 0.25) is 0 Å². The molecule has 0 fully saturated rings. The maximum atomic E-state index is 12.6. The molecular weight excluding hydrogens is 318 g/mol. The standard InChI is InChI=1S/C16H17NO5S/c1-8(4-14(18)19)17-7-10-9-5-11(21-2)12(22-3)6-13(9)23-15(10)16(17)20/h5-6,8H,4,7H2,1-3H3,(H,18,19)/t8-/m1/s1. The zero-order chi connectivity index (χ0) is 16.7. The van der Waals surface area contributed by atoms with Gasteiger partial charge in [-0.3, -0.25) is 9.59 Å². The third-order valence-corrected chi connectivity index (χ3v) is 5.27. The molecule has 0 aliphatic carbocycles. The number of hydrogen-bond donors (Lipinski definition) is 1. The molecule has 1 atom stereocenters. The Labute approximate surface area is 137 Å². The molecule has 1 aliphatic heterocycles. The molecule has 23 heavy (non-hydrogen) atoms. The number of carbonyl (C=O) groups is 2. The predicted octanol–water partition coefficient (Wildman–Crippen LogP) is 2.74. The Bertz CT molecular complexity index is 797. The van der Waals surface area contributed by atoms with Gasteiger partial charge in [0.05, 0.1) is 25.5 Å². The monoisotopic (exact) mass is 335 g/mol. The van der Waals surface area contributed by atoms with Gasteiger partial charge in [-0.15, -0.1) is 11.3 Å². The maximum Gasteiger partial charge on any atom is 0.305 e. The summed E-state index contributed by atoms with van der Waals surface area (Å²) in [6.45, 7) is 2.19. The summed E-state index contributed by atoms with van der Waals surface area (Å²) in [5, 5.41) is 9.89. The molecule has 1 aliphatic rings. The molecule has 1 aromatic heterocycles. The molecule has 122 valence electrons. The highest BCUT2D eigenvalue weighted by atomic mass is 32.1. The summed E-state index contributed by atoms with van der Waals surface area (Å²) in [7, 11) is 3.15. The number of aliphatic carboxylic acids is 1. The third-order valence-electron chi connectivity index (χ3n) is 4.08. The lowest BCUT2D eigenvalue weighted by Crippen LogP contribution is -2.34. The topological polar surface area (TPSA) is 76.1 Å². The Balaban J connectivity index is 2.02. The van der Waals surface area contributed by atoms with Crippen LogP contribution in [0.25, 0.3) is 10.1 Å². The van der Waals surface area contributed by atoms with E-state index in [1.54, 1.807) is 26.0 Å². The first-order chi connectivity index (χ1) is 11.0. The SMILES string of the molecule is COc1cc2sc3c(c2cc1OC)CN([C@H](C)CC(=O)O)C3=O. The van der Waals surface area contributed by atoms with E-state index in [1.165, 1.54) is 11.3 Å². The van der Waals surface area contributed by atoms with Crippen LogP contribution >= 0.6 is 11.3 Å². The third kappa shape index (κ3) is 2.50. The highest BCUT2D eigenvalue weighted by Crippen LogP contribution is 2.43. The molecule has 7 heteroatoms. The Morgan fingerprint density at radius 3 is 2.61 bits per heavy atom. The number of benzene rings is 1. The van der Waals surface area contributed by atoms with Crippen molar-refractivity contribution in [1.29, 1.82) is 0 Å². The fourth-order valence-corrected chi connectivity index (χ4v) is 4.08. The van der Waals surface area contributed by atoms with Gasteiger partial charge in [-0.05, 0) is 13.0 Å². The van der Waals surface area contributed by atoms with Crippen molar-refractivity contribution < 1.29 is 24.2 Å². The first-order valence-corrected chi connectivity index (χ1v) is 7.98. The second-order valence-electron chi connectivity index (χ2n) is 5.49. The van der Waals surface area contributed by atoms with Crippen LogP contribution < -0.4 is 9.47 Å². The van der Waals surface area contributed by atoms with Crippen molar-refractivity contribution >= 4 is 33.3 Å². The van der Waals surface area contributed by atoms with Gasteiger partial charge < -0.3 is 19.5 Å². The lowest BCUT2D eigenvalue weighted by molar-refractivity contribution is -0.138. The molecule has 2 aromatic rings. The van der Waals surface area contributed by atoms with Crippen LogP contribution in [0.1, 0.15) is 28.6 Å². The first kappa shape index (κ1) is 15.6. The number of carboxylic acids is 1. The van der Waals surface area contributed by atoms with E-state index in [-0.39, 0.29) is 18.4 Å². The van der Waals surface area contributed by atoms with E-state index in [0.717, 1.165) is 15.6 Å². The van der Waals surface area contributed by atoms with Crippen molar-refractivity contribution in [2.24, 2.45) is 0 Å². The van der Waals surface area contributed by atoms with Crippen molar-refractivity contribution in [3.8, 4) is 11.5 Å². The van der Waals surface area contributed by atoms with Crippen LogP contribution in [0, 0.1) is 0 Å². The summed E-state index contributed by atoms with van der Waals surface area (Å²) in [5.74, 6) is 0.234. The van der Waals surface area contributed by atoms with E-state index in [1.807, 2.05) is 12.1 Å². The largest absolute Gasteiger partial charge is 0.493 e. The number of carboxylic acid groups (broad SMARTS) is 1. The summed E-state index contributed by atoms with van der Waals surface area (Å²) >= 11 is 1.41. The number of amides is 1. The minimum atomic E-state index is -0.906. The number of rotatable bonds is 5. The Hall–Kier alpha value is -2.28. The van der Waals surface area contributed by atoms with Crippen LogP contribution in [0.3, 0.4) is 0 Å². The molecule has 0 radical (unpaired) electrons. The number of thiophene rings is 1. The molecule has 3 rings (SSSR count). The van der Waals surface area contributed by atoms with Gasteiger partial charge in [0, 0.05) is 34.3 Å². The number of ether oxygens (including phenoxy) is 2. The molecule has 1 aromatic carbocycles. The Kier molecular flexibility index (Phi) is 3.89. The van der Waals surface area contributed by atoms with E-state index >= 15 is 0 Å². The molecule has 1 amide bonds. The molecule has 2 heterocycles. The molecule has 0 unspecified atom stereocenters. The normalized spacial score (nSPS) is 14.9. The fourth-order valence-electron chi connectivity index (χ4n) is 2.90. The number of nitrogens with zero attached hydrogens (tertiary/aromatic N) is 1. The van der Waals surface area contributed by atoms with Crippen LogP contribution in [0.15, 0.2) is 12.1 Å². The predicted molar refractivity (Wildman–Crippen MR) is 86.5 cm³/mol. The highest BCUT2D eigenvalue weighted by molar-refractivity contribution is 7.21. The van der Waals surface area contributed by atoms with E-state index in [4.69, 9.17) is 14.6 Å². The van der Waals surface area contributed by atoms with Gasteiger partial charge in [0.1, 0.15) is 0 Å². The van der Waals surface area contributed by atoms with Crippen molar-refractivity contribution in [2.45, 2.75) is 25.9 Å². The summed E-state index contributed by atoms with van der Waals surface area (Å²) < 4.78 is 11.6. The minimum absolute atomic E-state index is 0.0598. The fraction of sp³-hybridized carbons (Fsp3) is 0.375. The minimum Gasteiger partial charge on any atom is -0.493 e. The Morgan fingerprint density at radius 2 is 2.00 bits per heavy atom. The maximum absolute atomic E-state index is 12.6. The number of carbonyl (C=O) groups excluding carboxylic acids is 1. The summed E-state index contributed by atoms with van der Waals surface area (Å²) in [4.78, 5) is 25.8. The number of methoxy groups -OCH3 is 2. The van der Waals surface area contributed by atoms with Crippen LogP contribution in [-0.2, 0) is 11.3 Å². The van der Waals surface area contributed by atoms with E-state index < -0.39 is 5.97 Å². The average molecular weight is 335 g/mol. The molecule has 0 spiro atoms. The van der Waals surface area contributed by atoms with Crippen LogP contribution in [0.4, 0.5) is 0 Å². The lowest BCUT2D eigenvalue weighted by Gasteiger charge is -2.22. The van der Waals surface area contributed by atoms with E-state index in [0.29, 0.717) is 22.9 Å². The van der Waals surface area contributed by atoms with Crippen molar-refractivity contribution in [1.82, 2.24) is 4.90 Å². The van der Waals surface area contributed by atoms with Gasteiger partial charge >= 0.3 is 5.97 Å². The first-order valence-electron chi connectivity index (χ1n) is 7.16. The van der Waals surface area contributed by atoms with Crippen molar-refractivity contribution in [3.63, 3.8) is 0 Å². The second-order valence-corrected chi connectivity index (χ2v) is 6.55. The Morgan fingerprint density at radius 1 is 1.35 bits per heavy atom. The number of fused-ring (bicyclic) bond motifs is 3. The quantitative estimate of drug-likeness (QED) is 0.909. The van der Waals surface area contributed by atoms with Gasteiger partial charge in [0.15, 0.2) is 11.5 Å². The zero-order valence-electron chi connectivity index (χ0n) is 13.1. The van der Waals surface area contributed by atoms with Crippen molar-refractivity contribution in [2.75, 3.05) is 14.2 Å². The zero-order valence-corrected chi connectivity index (χ0v) is 13.9. The van der Waals surface area contributed by atoms with E-state index in [9.17, 15) is 9.59 Å². The molecule has 6 nitrogen and oxygen atoms in total. The van der Waals surface area contributed by atoms with Crippen molar-refractivity contribution in [3.05, 3.63) is 22.6 Å². The van der Waals surface area contributed by atoms with Gasteiger partial charge in [0.25, 0.3) is 5.91 Å².